The van der Waals surface area contributed by atoms with Crippen LogP contribution in [0.4, 0.5) is 0 Å². The summed E-state index contributed by atoms with van der Waals surface area (Å²) in [4.78, 5) is 1.41. The summed E-state index contributed by atoms with van der Waals surface area (Å²) >= 11 is 0. The van der Waals surface area contributed by atoms with Crippen LogP contribution in [0.25, 0.3) is 38.6 Å². The largest absolute Gasteiger partial charge is 0.497 e. The molecule has 246 valence electrons. The second kappa shape index (κ2) is 13.2. The number of hydrogen-bond acceptors (Lipinski definition) is 5. The molecule has 7 heteroatoms. The van der Waals surface area contributed by atoms with E-state index in [0.717, 1.165) is 68.7 Å². The summed E-state index contributed by atoms with van der Waals surface area (Å²) in [6.45, 7) is 2.11. The number of ether oxygens (including phenoxy) is 3. The third kappa shape index (κ3) is 6.02. The average molecular weight is 666 g/mol. The molecule has 0 aliphatic rings. The van der Waals surface area contributed by atoms with Crippen LogP contribution < -0.4 is 14.2 Å². The Balaban J connectivity index is 1.13. The van der Waals surface area contributed by atoms with Crippen LogP contribution in [-0.2, 0) is 22.5 Å². The van der Waals surface area contributed by atoms with Gasteiger partial charge in [0.05, 0.1) is 32.4 Å². The Morgan fingerprint density at radius 2 is 1.12 bits per heavy atom. The second-order valence-corrected chi connectivity index (χ2v) is 14.4. The van der Waals surface area contributed by atoms with Crippen LogP contribution in [-0.4, -0.2) is 25.9 Å². The Kier molecular flexibility index (Phi) is 8.61. The van der Waals surface area contributed by atoms with Gasteiger partial charge in [0.25, 0.3) is 0 Å². The molecule has 0 aliphatic heterocycles. The molecule has 6 aromatic carbocycles. The number of aryl methyl sites for hydroxylation is 3. The second-order valence-electron chi connectivity index (χ2n) is 12.2. The zero-order chi connectivity index (χ0) is 34.1. The van der Waals surface area contributed by atoms with E-state index in [1.807, 2.05) is 60.7 Å². The van der Waals surface area contributed by atoms with Gasteiger partial charge in [-0.3, -0.25) is 9.56 Å². The fraction of sp³-hybridized carbons (Fsp3) is 0.143. The van der Waals surface area contributed by atoms with E-state index in [9.17, 15) is 9.56 Å². The van der Waals surface area contributed by atoms with Crippen LogP contribution in [0.2, 0.25) is 0 Å². The van der Waals surface area contributed by atoms with Crippen molar-refractivity contribution in [1.29, 1.82) is 9.56 Å². The van der Waals surface area contributed by atoms with E-state index in [-0.39, 0.29) is 0 Å². The smallest absolute Gasteiger partial charge is 0.119 e. The van der Waals surface area contributed by atoms with Crippen LogP contribution in [0.1, 0.15) is 16.7 Å². The van der Waals surface area contributed by atoms with E-state index < -0.39 is 9.62 Å². The van der Waals surface area contributed by atoms with Crippen LogP contribution in [0.3, 0.4) is 0 Å². The molecular formula is C42H39N3O3S. The molecular weight excluding hydrogens is 627 g/mol. The van der Waals surface area contributed by atoms with Crippen LogP contribution in [0.5, 0.6) is 17.2 Å². The molecule has 0 saturated heterocycles. The first-order chi connectivity index (χ1) is 23.8. The highest BCUT2D eigenvalue weighted by Crippen LogP contribution is 2.36. The molecule has 1 aromatic heterocycles. The molecule has 0 unspecified atom stereocenters. The van der Waals surface area contributed by atoms with Crippen molar-refractivity contribution in [3.63, 3.8) is 0 Å². The lowest BCUT2D eigenvalue weighted by molar-refractivity contribution is 0.414. The number of hydrogen-bond donors (Lipinski definition) is 2. The number of benzene rings is 6. The SMILES string of the molecule is COc1ccc(C)c(-c2cc(OC)ccc2CCc2ccc(S(=N)(=N)c3ccc(-n4c5ccccc5c5cc(OC)ccc54)cc3)cc2)c1. The quantitative estimate of drug-likeness (QED) is 0.153. The topological polar surface area (TPSA) is 80.3 Å². The fourth-order valence-corrected chi connectivity index (χ4v) is 7.96. The van der Waals surface area contributed by atoms with Crippen LogP contribution in [0.15, 0.2) is 137 Å². The molecule has 0 aliphatic carbocycles. The molecule has 0 fully saturated rings. The van der Waals surface area contributed by atoms with Gasteiger partial charge in [-0.25, -0.2) is 0 Å². The summed E-state index contributed by atoms with van der Waals surface area (Å²) in [6.07, 6.45) is 1.67. The first-order valence-corrected chi connectivity index (χ1v) is 17.8. The molecule has 7 rings (SSSR count). The van der Waals surface area contributed by atoms with Crippen LogP contribution >= 0.6 is 0 Å². The fourth-order valence-electron chi connectivity index (χ4n) is 6.60. The van der Waals surface area contributed by atoms with Crippen molar-refractivity contribution in [3.05, 3.63) is 144 Å². The van der Waals surface area contributed by atoms with Crippen molar-refractivity contribution in [2.75, 3.05) is 21.3 Å². The Morgan fingerprint density at radius 3 is 1.82 bits per heavy atom. The van der Waals surface area contributed by atoms with Crippen LogP contribution in [0, 0.1) is 16.5 Å². The molecule has 0 saturated carbocycles. The van der Waals surface area contributed by atoms with Crippen molar-refractivity contribution in [2.24, 2.45) is 0 Å². The van der Waals surface area contributed by atoms with E-state index >= 15 is 0 Å². The Labute approximate surface area is 287 Å². The van der Waals surface area contributed by atoms with Gasteiger partial charge in [-0.15, -0.1) is 0 Å². The summed E-state index contributed by atoms with van der Waals surface area (Å²) in [5.41, 5.74) is 9.01. The normalized spacial score (nSPS) is 11.6. The molecule has 0 bridgehead atoms. The van der Waals surface area contributed by atoms with E-state index in [1.54, 1.807) is 21.3 Å². The predicted octanol–water partition coefficient (Wildman–Crippen LogP) is 10.7. The lowest BCUT2D eigenvalue weighted by atomic mass is 9.92. The van der Waals surface area contributed by atoms with E-state index in [1.165, 1.54) is 16.7 Å². The maximum atomic E-state index is 9.19. The van der Waals surface area contributed by atoms with Crippen molar-refractivity contribution in [3.8, 4) is 34.1 Å². The number of para-hydroxylation sites is 1. The summed E-state index contributed by atoms with van der Waals surface area (Å²) in [6, 6.07) is 42.9. The molecule has 7 aromatic rings. The number of nitrogens with one attached hydrogen (secondary N) is 2. The van der Waals surface area contributed by atoms with Gasteiger partial charge < -0.3 is 18.8 Å². The summed E-state index contributed by atoms with van der Waals surface area (Å²) in [7, 11) is 2.35. The molecule has 6 nitrogen and oxygen atoms in total. The van der Waals surface area contributed by atoms with Gasteiger partial charge in [-0.05, 0) is 142 Å². The first kappa shape index (κ1) is 32.0. The highest BCUT2D eigenvalue weighted by atomic mass is 32.2. The molecule has 0 spiro atoms. The van der Waals surface area contributed by atoms with E-state index in [4.69, 9.17) is 14.2 Å². The molecule has 1 heterocycles. The Morgan fingerprint density at radius 1 is 0.551 bits per heavy atom. The summed E-state index contributed by atoms with van der Waals surface area (Å²) in [5, 5.41) is 2.28. The molecule has 0 radical (unpaired) electrons. The highest BCUT2D eigenvalue weighted by Gasteiger charge is 2.16. The van der Waals surface area contributed by atoms with E-state index in [0.29, 0.717) is 9.79 Å². The standard InChI is InChI=1S/C42H39N3O3S/c1-28-9-17-32(46-2)25-38(28)39-26-33(47-3)18-14-30(39)13-10-29-11-20-35(21-12-29)49(43,44)36-22-15-31(16-23-36)45-41-8-6-5-7-37(41)40-27-34(48-4)19-24-42(40)45/h5-9,11-12,14-27,43-44H,10,13H2,1-4H3. The third-order valence-corrected chi connectivity index (χ3v) is 11.3. The van der Waals surface area contributed by atoms with Gasteiger partial charge in [-0.2, -0.15) is 0 Å². The van der Waals surface area contributed by atoms with Gasteiger partial charge in [0.1, 0.15) is 17.2 Å². The Hall–Kier alpha value is -5.53. The van der Waals surface area contributed by atoms with Gasteiger partial charge in [-0.1, -0.05) is 42.5 Å². The minimum atomic E-state index is -2.72. The van der Waals surface area contributed by atoms with Crippen molar-refractivity contribution in [1.82, 2.24) is 4.57 Å². The van der Waals surface area contributed by atoms with Crippen molar-refractivity contribution < 1.29 is 14.2 Å². The average Bonchev–Trinajstić information content (AvgIpc) is 3.48. The molecule has 49 heavy (non-hydrogen) atoms. The molecule has 2 N–H and O–H groups in total. The predicted molar refractivity (Wildman–Crippen MR) is 200 cm³/mol. The number of aromatic nitrogens is 1. The minimum Gasteiger partial charge on any atom is -0.497 e. The zero-order valence-electron chi connectivity index (χ0n) is 28.1. The lowest BCUT2D eigenvalue weighted by Crippen LogP contribution is -2.01. The maximum absolute atomic E-state index is 9.19. The lowest BCUT2D eigenvalue weighted by Gasteiger charge is -2.16. The van der Waals surface area contributed by atoms with Crippen molar-refractivity contribution in [2.45, 2.75) is 29.6 Å². The number of rotatable bonds is 10. The van der Waals surface area contributed by atoms with E-state index in [2.05, 4.69) is 78.2 Å². The molecule has 0 atom stereocenters. The maximum Gasteiger partial charge on any atom is 0.119 e. The highest BCUT2D eigenvalue weighted by molar-refractivity contribution is 7.93. The number of methoxy groups -OCH3 is 3. The first-order valence-electron chi connectivity index (χ1n) is 16.2. The monoisotopic (exact) mass is 665 g/mol. The van der Waals surface area contributed by atoms with Crippen molar-refractivity contribution >= 4 is 31.4 Å². The van der Waals surface area contributed by atoms with Gasteiger partial charge in [0.15, 0.2) is 0 Å². The van der Waals surface area contributed by atoms with Gasteiger partial charge in [0.2, 0.25) is 0 Å². The number of nitrogens with zero attached hydrogens (tertiary/aromatic N) is 1. The van der Waals surface area contributed by atoms with Gasteiger partial charge in [0, 0.05) is 26.3 Å². The van der Waals surface area contributed by atoms with Gasteiger partial charge >= 0.3 is 0 Å². The Bertz CT molecular complexity index is 2410. The minimum absolute atomic E-state index is 0.697. The summed E-state index contributed by atoms with van der Waals surface area (Å²) in [5.74, 6) is 2.46. The third-order valence-electron chi connectivity index (χ3n) is 9.34. The zero-order valence-corrected chi connectivity index (χ0v) is 28.9. The molecule has 0 amide bonds. The summed E-state index contributed by atoms with van der Waals surface area (Å²) < 4.78 is 37.2. The number of fused-ring (bicyclic) bond motifs is 3.